The molecule has 3 aromatic rings. The molecule has 0 saturated heterocycles. The molecule has 0 aliphatic rings. The third kappa shape index (κ3) is 1.96. The van der Waals surface area contributed by atoms with Crippen LogP contribution in [0.5, 0.6) is 0 Å². The van der Waals surface area contributed by atoms with E-state index >= 15 is 0 Å². The Morgan fingerprint density at radius 1 is 1.25 bits per heavy atom. The summed E-state index contributed by atoms with van der Waals surface area (Å²) in [5.74, 6) is -0.211. The van der Waals surface area contributed by atoms with Crippen LogP contribution in [0.3, 0.4) is 0 Å². The average Bonchev–Trinajstić information content (AvgIpc) is 2.85. The van der Waals surface area contributed by atoms with Crippen molar-refractivity contribution in [2.75, 3.05) is 0 Å². The number of aromatic nitrogens is 2. The normalized spacial score (nSPS) is 10.9. The van der Waals surface area contributed by atoms with Crippen LogP contribution in [0.15, 0.2) is 47.8 Å². The number of nitroso groups, excluding NO2 is 1. The highest BCUT2D eigenvalue weighted by Crippen LogP contribution is 2.31. The zero-order valence-corrected chi connectivity index (χ0v) is 10.3. The lowest BCUT2D eigenvalue weighted by atomic mass is 10.1. The molecule has 0 unspecified atom stereocenters. The highest BCUT2D eigenvalue weighted by molar-refractivity contribution is 5.74. The van der Waals surface area contributed by atoms with Crippen LogP contribution in [0.4, 0.5) is 10.2 Å². The van der Waals surface area contributed by atoms with Crippen molar-refractivity contribution in [2.45, 2.75) is 6.61 Å². The second-order valence-corrected chi connectivity index (χ2v) is 4.30. The van der Waals surface area contributed by atoms with Gasteiger partial charge in [-0.15, -0.1) is 4.91 Å². The first-order valence-corrected chi connectivity index (χ1v) is 5.94. The summed E-state index contributed by atoms with van der Waals surface area (Å²) in [6, 6.07) is 9.02. The Labute approximate surface area is 113 Å². The number of aliphatic hydroxyl groups excluding tert-OH is 1. The number of hydrogen-bond acceptors (Lipinski definition) is 4. The summed E-state index contributed by atoms with van der Waals surface area (Å²) >= 11 is 0. The molecular weight excluding hydrogens is 261 g/mol. The molecule has 0 aliphatic heterocycles. The van der Waals surface area contributed by atoms with Crippen LogP contribution in [0.25, 0.3) is 16.9 Å². The van der Waals surface area contributed by atoms with Crippen molar-refractivity contribution in [3.8, 4) is 11.3 Å². The SMILES string of the molecule is O=Nc1c(-c2ccc(F)cc2)nc2cc(CO)ccn12. The van der Waals surface area contributed by atoms with Crippen LogP contribution in [0, 0.1) is 10.7 Å². The predicted octanol–water partition coefficient (Wildman–Crippen LogP) is 3.03. The highest BCUT2D eigenvalue weighted by Gasteiger charge is 2.15. The smallest absolute Gasteiger partial charge is 0.209 e. The number of fused-ring (bicyclic) bond motifs is 1. The second-order valence-electron chi connectivity index (χ2n) is 4.30. The van der Waals surface area contributed by atoms with E-state index in [0.717, 1.165) is 0 Å². The van der Waals surface area contributed by atoms with E-state index in [1.807, 2.05) is 0 Å². The molecule has 0 atom stereocenters. The molecule has 0 bridgehead atoms. The van der Waals surface area contributed by atoms with E-state index in [-0.39, 0.29) is 18.2 Å². The van der Waals surface area contributed by atoms with Gasteiger partial charge in [-0.25, -0.2) is 9.37 Å². The molecule has 0 saturated carbocycles. The fourth-order valence-corrected chi connectivity index (χ4v) is 2.06. The topological polar surface area (TPSA) is 67.0 Å². The maximum Gasteiger partial charge on any atom is 0.209 e. The van der Waals surface area contributed by atoms with E-state index in [1.54, 1.807) is 30.5 Å². The van der Waals surface area contributed by atoms with Gasteiger partial charge in [0.15, 0.2) is 0 Å². The lowest BCUT2D eigenvalue weighted by Gasteiger charge is -1.98. The van der Waals surface area contributed by atoms with Gasteiger partial charge in [-0.3, -0.25) is 4.40 Å². The number of hydrogen-bond donors (Lipinski definition) is 1. The van der Waals surface area contributed by atoms with Crippen molar-refractivity contribution >= 4 is 11.5 Å². The number of aliphatic hydroxyl groups is 1. The Bertz CT molecular complexity index is 781. The summed E-state index contributed by atoms with van der Waals surface area (Å²) in [6.07, 6.45) is 1.62. The number of nitrogens with zero attached hydrogens (tertiary/aromatic N) is 3. The van der Waals surface area contributed by atoms with Crippen molar-refractivity contribution in [3.05, 3.63) is 58.9 Å². The molecule has 2 aromatic heterocycles. The maximum absolute atomic E-state index is 12.9. The number of rotatable bonds is 3. The Balaban J connectivity index is 2.24. The van der Waals surface area contributed by atoms with Gasteiger partial charge in [-0.05, 0) is 47.1 Å². The average molecular weight is 271 g/mol. The fourth-order valence-electron chi connectivity index (χ4n) is 2.06. The summed E-state index contributed by atoms with van der Waals surface area (Å²) in [4.78, 5) is 15.4. The van der Waals surface area contributed by atoms with Crippen LogP contribution in [0.2, 0.25) is 0 Å². The van der Waals surface area contributed by atoms with Gasteiger partial charge in [-0.1, -0.05) is 0 Å². The minimum atomic E-state index is -0.360. The van der Waals surface area contributed by atoms with Gasteiger partial charge < -0.3 is 5.11 Å². The summed E-state index contributed by atoms with van der Waals surface area (Å²) in [5.41, 5.74) is 2.18. The Hall–Kier alpha value is -2.60. The van der Waals surface area contributed by atoms with Crippen molar-refractivity contribution in [3.63, 3.8) is 0 Å². The minimum absolute atomic E-state index is 0.112. The molecule has 0 radical (unpaired) electrons. The molecule has 2 heterocycles. The van der Waals surface area contributed by atoms with Gasteiger partial charge in [0.1, 0.15) is 17.2 Å². The minimum Gasteiger partial charge on any atom is -0.392 e. The number of halogens is 1. The zero-order chi connectivity index (χ0) is 14.1. The lowest BCUT2D eigenvalue weighted by Crippen LogP contribution is -1.88. The van der Waals surface area contributed by atoms with Crippen molar-refractivity contribution in [2.24, 2.45) is 5.18 Å². The van der Waals surface area contributed by atoms with E-state index in [0.29, 0.717) is 22.5 Å². The van der Waals surface area contributed by atoms with E-state index < -0.39 is 0 Å². The first-order chi connectivity index (χ1) is 9.72. The third-order valence-electron chi connectivity index (χ3n) is 3.05. The van der Waals surface area contributed by atoms with Gasteiger partial charge in [0.25, 0.3) is 0 Å². The molecule has 0 aliphatic carbocycles. The largest absolute Gasteiger partial charge is 0.392 e. The number of pyridine rings is 1. The first kappa shape index (κ1) is 12.4. The van der Waals surface area contributed by atoms with Crippen molar-refractivity contribution < 1.29 is 9.50 Å². The van der Waals surface area contributed by atoms with Crippen LogP contribution in [-0.2, 0) is 6.61 Å². The fraction of sp³-hybridized carbons (Fsp3) is 0.0714. The van der Waals surface area contributed by atoms with E-state index in [2.05, 4.69) is 10.2 Å². The number of imidazole rings is 1. The van der Waals surface area contributed by atoms with Gasteiger partial charge in [0, 0.05) is 11.8 Å². The molecular formula is C14H10FN3O2. The molecule has 0 fully saturated rings. The van der Waals surface area contributed by atoms with Crippen LogP contribution >= 0.6 is 0 Å². The van der Waals surface area contributed by atoms with Gasteiger partial charge in [-0.2, -0.15) is 0 Å². The molecule has 1 aromatic carbocycles. The Kier molecular flexibility index (Phi) is 3.00. The predicted molar refractivity (Wildman–Crippen MR) is 72.0 cm³/mol. The molecule has 0 spiro atoms. The highest BCUT2D eigenvalue weighted by atomic mass is 19.1. The molecule has 20 heavy (non-hydrogen) atoms. The molecule has 0 amide bonds. The quantitative estimate of drug-likeness (QED) is 0.744. The standard InChI is InChI=1S/C14H10FN3O2/c15-11-3-1-10(2-4-11)13-14(17-20)18-6-5-9(8-19)7-12(18)16-13/h1-7,19H,8H2. The van der Waals surface area contributed by atoms with Crippen molar-refractivity contribution in [1.82, 2.24) is 9.38 Å². The first-order valence-electron chi connectivity index (χ1n) is 5.94. The van der Waals surface area contributed by atoms with Crippen LogP contribution in [0.1, 0.15) is 5.56 Å². The lowest BCUT2D eigenvalue weighted by molar-refractivity contribution is 0.282. The summed E-state index contributed by atoms with van der Waals surface area (Å²) in [7, 11) is 0. The van der Waals surface area contributed by atoms with Crippen molar-refractivity contribution in [1.29, 1.82) is 0 Å². The molecule has 3 rings (SSSR count). The summed E-state index contributed by atoms with van der Waals surface area (Å²) in [5, 5.41) is 12.1. The Morgan fingerprint density at radius 3 is 2.65 bits per heavy atom. The van der Waals surface area contributed by atoms with Crippen LogP contribution < -0.4 is 0 Å². The van der Waals surface area contributed by atoms with E-state index in [1.165, 1.54) is 16.5 Å². The summed E-state index contributed by atoms with van der Waals surface area (Å²) < 4.78 is 14.5. The van der Waals surface area contributed by atoms with Gasteiger partial charge in [0.05, 0.1) is 6.61 Å². The van der Waals surface area contributed by atoms with Gasteiger partial charge >= 0.3 is 0 Å². The number of benzene rings is 1. The second kappa shape index (κ2) is 4.82. The molecule has 1 N–H and O–H groups in total. The van der Waals surface area contributed by atoms with E-state index in [9.17, 15) is 9.30 Å². The maximum atomic E-state index is 12.9. The molecule has 5 nitrogen and oxygen atoms in total. The van der Waals surface area contributed by atoms with E-state index in [4.69, 9.17) is 5.11 Å². The Morgan fingerprint density at radius 2 is 2.00 bits per heavy atom. The third-order valence-corrected chi connectivity index (χ3v) is 3.05. The summed E-state index contributed by atoms with van der Waals surface area (Å²) in [6.45, 7) is -0.112. The molecule has 6 heteroatoms. The van der Waals surface area contributed by atoms with Gasteiger partial charge in [0.2, 0.25) is 5.82 Å². The van der Waals surface area contributed by atoms with Crippen LogP contribution in [-0.4, -0.2) is 14.5 Å². The monoisotopic (exact) mass is 271 g/mol. The zero-order valence-electron chi connectivity index (χ0n) is 10.3. The molecule has 100 valence electrons.